The highest BCUT2D eigenvalue weighted by Gasteiger charge is 2.26. The van der Waals surface area contributed by atoms with E-state index in [-0.39, 0.29) is 11.1 Å². The van der Waals surface area contributed by atoms with Crippen molar-refractivity contribution in [3.8, 4) is 11.3 Å². The number of anilines is 1. The summed E-state index contributed by atoms with van der Waals surface area (Å²) in [6.07, 6.45) is 0. The zero-order valence-electron chi connectivity index (χ0n) is 11.3. The Balaban J connectivity index is 2.71. The number of nitrogens with zero attached hydrogens (tertiary/aromatic N) is 2. The molecule has 0 fully saturated rings. The molecule has 5 heteroatoms. The quantitative estimate of drug-likeness (QED) is 0.863. The molecule has 0 saturated heterocycles. The van der Waals surface area contributed by atoms with Gasteiger partial charge in [0.05, 0.1) is 5.54 Å². The summed E-state index contributed by atoms with van der Waals surface area (Å²) in [6.45, 7) is 5.90. The van der Waals surface area contributed by atoms with Crippen LogP contribution in [0.3, 0.4) is 0 Å². The van der Waals surface area contributed by atoms with Crippen molar-refractivity contribution in [3.63, 3.8) is 0 Å². The minimum atomic E-state index is -0.563. The Labute approximate surface area is 112 Å². The van der Waals surface area contributed by atoms with E-state index in [0.29, 0.717) is 11.5 Å². The molecule has 100 valence electrons. The molecule has 1 aromatic heterocycles. The lowest BCUT2D eigenvalue weighted by Gasteiger charge is -2.20. The van der Waals surface area contributed by atoms with Gasteiger partial charge in [0.1, 0.15) is 17.1 Å². The maximum atomic E-state index is 11.6. The fraction of sp³-hybridized carbons (Fsp3) is 0.286. The van der Waals surface area contributed by atoms with E-state index in [0.717, 1.165) is 5.56 Å². The number of hydrogen-bond donors (Lipinski definition) is 2. The molecule has 0 aliphatic rings. The number of amides is 1. The van der Waals surface area contributed by atoms with Gasteiger partial charge in [-0.1, -0.05) is 30.3 Å². The molecule has 1 heterocycles. The predicted octanol–water partition coefficient (Wildman–Crippen LogP) is 1.99. The van der Waals surface area contributed by atoms with Crippen LogP contribution in [0.15, 0.2) is 30.3 Å². The average molecular weight is 258 g/mol. The fourth-order valence-corrected chi connectivity index (χ4v) is 1.98. The van der Waals surface area contributed by atoms with Gasteiger partial charge in [-0.2, -0.15) is 5.10 Å². The van der Waals surface area contributed by atoms with Crippen molar-refractivity contribution < 1.29 is 4.79 Å². The van der Waals surface area contributed by atoms with Crippen LogP contribution in [0.25, 0.3) is 11.3 Å². The first-order valence-electron chi connectivity index (χ1n) is 6.06. The number of rotatable bonds is 2. The van der Waals surface area contributed by atoms with Gasteiger partial charge in [-0.25, -0.2) is 4.68 Å². The number of benzene rings is 1. The summed E-state index contributed by atoms with van der Waals surface area (Å²) in [5, 5.41) is 4.46. The smallest absolute Gasteiger partial charge is 0.254 e. The first-order valence-corrected chi connectivity index (χ1v) is 6.06. The summed E-state index contributed by atoms with van der Waals surface area (Å²) < 4.78 is 1.63. The first-order chi connectivity index (χ1) is 8.82. The minimum absolute atomic E-state index is 0.279. The van der Waals surface area contributed by atoms with Gasteiger partial charge in [-0.05, 0) is 20.8 Å². The second-order valence-corrected chi connectivity index (χ2v) is 5.42. The number of nitrogen functional groups attached to an aromatic ring is 1. The van der Waals surface area contributed by atoms with E-state index in [1.165, 1.54) is 0 Å². The van der Waals surface area contributed by atoms with E-state index >= 15 is 0 Å². The molecular weight excluding hydrogens is 240 g/mol. The largest absolute Gasteiger partial charge is 0.383 e. The van der Waals surface area contributed by atoms with Gasteiger partial charge in [-0.3, -0.25) is 4.79 Å². The fourth-order valence-electron chi connectivity index (χ4n) is 1.98. The lowest BCUT2D eigenvalue weighted by molar-refractivity contribution is 0.100. The molecule has 0 spiro atoms. The van der Waals surface area contributed by atoms with Crippen LogP contribution in [0, 0.1) is 0 Å². The van der Waals surface area contributed by atoms with Gasteiger partial charge in [0, 0.05) is 5.56 Å². The van der Waals surface area contributed by atoms with Crippen molar-refractivity contribution in [2.45, 2.75) is 26.3 Å². The van der Waals surface area contributed by atoms with Crippen LogP contribution in [-0.4, -0.2) is 15.7 Å². The van der Waals surface area contributed by atoms with E-state index in [1.807, 2.05) is 51.1 Å². The van der Waals surface area contributed by atoms with E-state index in [9.17, 15) is 4.79 Å². The van der Waals surface area contributed by atoms with Crippen molar-refractivity contribution >= 4 is 11.7 Å². The number of carbonyl (C=O) groups excluding carboxylic acids is 1. The third-order valence-corrected chi connectivity index (χ3v) is 2.85. The molecule has 2 rings (SSSR count). The molecule has 4 N–H and O–H groups in total. The summed E-state index contributed by atoms with van der Waals surface area (Å²) >= 11 is 0. The first kappa shape index (κ1) is 13.1. The Morgan fingerprint density at radius 3 is 2.26 bits per heavy atom. The molecule has 19 heavy (non-hydrogen) atoms. The molecule has 1 aromatic carbocycles. The number of primary amides is 1. The zero-order chi connectivity index (χ0) is 14.2. The van der Waals surface area contributed by atoms with Crippen LogP contribution in [0.1, 0.15) is 31.1 Å². The van der Waals surface area contributed by atoms with Crippen LogP contribution in [0.2, 0.25) is 0 Å². The summed E-state index contributed by atoms with van der Waals surface area (Å²) in [4.78, 5) is 11.6. The maximum absolute atomic E-state index is 11.6. The van der Waals surface area contributed by atoms with Crippen molar-refractivity contribution in [2.75, 3.05) is 5.73 Å². The third kappa shape index (κ3) is 2.31. The summed E-state index contributed by atoms with van der Waals surface area (Å²) in [6, 6.07) is 9.42. The van der Waals surface area contributed by atoms with Gasteiger partial charge in [0.25, 0.3) is 5.91 Å². The Morgan fingerprint density at radius 1 is 1.21 bits per heavy atom. The molecular formula is C14H18N4O. The lowest BCUT2D eigenvalue weighted by atomic mass is 10.1. The third-order valence-electron chi connectivity index (χ3n) is 2.85. The molecule has 5 nitrogen and oxygen atoms in total. The molecule has 0 bridgehead atoms. The Bertz CT molecular complexity index is 608. The predicted molar refractivity (Wildman–Crippen MR) is 75.6 cm³/mol. The number of nitrogens with two attached hydrogens (primary N) is 2. The molecule has 0 aliphatic carbocycles. The van der Waals surface area contributed by atoms with Crippen LogP contribution in [-0.2, 0) is 5.54 Å². The van der Waals surface area contributed by atoms with Crippen LogP contribution >= 0.6 is 0 Å². The summed E-state index contributed by atoms with van der Waals surface area (Å²) in [5.41, 5.74) is 12.8. The number of carbonyl (C=O) groups is 1. The lowest BCUT2D eigenvalue weighted by Crippen LogP contribution is -2.25. The van der Waals surface area contributed by atoms with Gasteiger partial charge in [0.2, 0.25) is 0 Å². The van der Waals surface area contributed by atoms with Crippen molar-refractivity contribution in [3.05, 3.63) is 35.9 Å². The highest BCUT2D eigenvalue weighted by atomic mass is 16.1. The van der Waals surface area contributed by atoms with Gasteiger partial charge < -0.3 is 11.5 Å². The van der Waals surface area contributed by atoms with Crippen molar-refractivity contribution in [1.29, 1.82) is 0 Å². The van der Waals surface area contributed by atoms with Gasteiger partial charge in [-0.15, -0.1) is 0 Å². The Morgan fingerprint density at radius 2 is 1.79 bits per heavy atom. The highest BCUT2D eigenvalue weighted by molar-refractivity contribution is 6.03. The standard InChI is InChI=1S/C14H18N4O/c1-14(2,3)18-12(15)10(13(16)19)11(17-18)9-7-5-4-6-8-9/h4-8H,15H2,1-3H3,(H2,16,19). The van der Waals surface area contributed by atoms with Crippen LogP contribution < -0.4 is 11.5 Å². The van der Waals surface area contributed by atoms with Gasteiger partial charge in [0.15, 0.2) is 0 Å². The SMILES string of the molecule is CC(C)(C)n1nc(-c2ccccc2)c(C(N)=O)c1N. The average Bonchev–Trinajstić information content (AvgIpc) is 2.68. The second-order valence-electron chi connectivity index (χ2n) is 5.42. The van der Waals surface area contributed by atoms with E-state index < -0.39 is 5.91 Å². The normalized spacial score (nSPS) is 11.5. The van der Waals surface area contributed by atoms with Gasteiger partial charge >= 0.3 is 0 Å². The molecule has 0 atom stereocenters. The van der Waals surface area contributed by atoms with E-state index in [1.54, 1.807) is 4.68 Å². The topological polar surface area (TPSA) is 86.9 Å². The number of aromatic nitrogens is 2. The minimum Gasteiger partial charge on any atom is -0.383 e. The van der Waals surface area contributed by atoms with E-state index in [4.69, 9.17) is 11.5 Å². The summed E-state index contributed by atoms with van der Waals surface area (Å²) in [7, 11) is 0. The second kappa shape index (κ2) is 4.42. The van der Waals surface area contributed by atoms with Crippen LogP contribution in [0.4, 0.5) is 5.82 Å². The molecule has 2 aromatic rings. The Kier molecular flexibility index (Phi) is 3.06. The maximum Gasteiger partial charge on any atom is 0.254 e. The van der Waals surface area contributed by atoms with Crippen LogP contribution in [0.5, 0.6) is 0 Å². The zero-order valence-corrected chi connectivity index (χ0v) is 11.3. The Hall–Kier alpha value is -2.30. The van der Waals surface area contributed by atoms with Crippen molar-refractivity contribution in [2.24, 2.45) is 5.73 Å². The number of hydrogen-bond acceptors (Lipinski definition) is 3. The van der Waals surface area contributed by atoms with E-state index in [2.05, 4.69) is 5.10 Å². The molecule has 1 amide bonds. The highest BCUT2D eigenvalue weighted by Crippen LogP contribution is 2.30. The monoisotopic (exact) mass is 258 g/mol. The molecule has 0 saturated carbocycles. The molecule has 0 unspecified atom stereocenters. The summed E-state index contributed by atoms with van der Waals surface area (Å²) in [5.74, 6) is -0.259. The molecule has 0 radical (unpaired) electrons. The van der Waals surface area contributed by atoms with Crippen molar-refractivity contribution in [1.82, 2.24) is 9.78 Å². The molecule has 0 aliphatic heterocycles.